The lowest BCUT2D eigenvalue weighted by Crippen LogP contribution is -2.28. The number of halogens is 2. The first-order valence-electron chi connectivity index (χ1n) is 4.07. The van der Waals surface area contributed by atoms with E-state index < -0.39 is 5.82 Å². The molecule has 1 aromatic carbocycles. The Labute approximate surface area is 97.8 Å². The number of terminal acetylenes is 1. The summed E-state index contributed by atoms with van der Waals surface area (Å²) < 4.78 is 12.8. The highest BCUT2D eigenvalue weighted by molar-refractivity contribution is 7.80. The molecule has 0 aliphatic rings. The summed E-state index contributed by atoms with van der Waals surface area (Å²) in [5.41, 5.74) is 0.607. The maximum Gasteiger partial charge on any atom is 0.171 e. The van der Waals surface area contributed by atoms with Crippen LogP contribution in [0.2, 0.25) is 5.02 Å². The largest absolute Gasteiger partial charge is 0.352 e. The quantitative estimate of drug-likeness (QED) is 0.615. The highest BCUT2D eigenvalue weighted by atomic mass is 35.5. The minimum atomic E-state index is -0.468. The van der Waals surface area contributed by atoms with Gasteiger partial charge in [-0.25, -0.2) is 4.39 Å². The van der Waals surface area contributed by atoms with Gasteiger partial charge < -0.3 is 10.6 Å². The van der Waals surface area contributed by atoms with Crippen LogP contribution in [-0.2, 0) is 0 Å². The number of hydrogen-bond donors (Lipinski definition) is 2. The smallest absolute Gasteiger partial charge is 0.171 e. The van der Waals surface area contributed by atoms with Crippen molar-refractivity contribution >= 4 is 34.6 Å². The molecular weight excluding hydrogens is 235 g/mol. The normalized spacial score (nSPS) is 9.13. The van der Waals surface area contributed by atoms with Crippen molar-refractivity contribution in [2.24, 2.45) is 0 Å². The molecule has 0 fully saturated rings. The Kier molecular flexibility index (Phi) is 4.35. The standard InChI is InChI=1S/C10H8ClFN2S/c1-2-5-13-10(15)14-7-3-4-9(12)8(11)6-7/h1,3-4,6H,5H2,(H2,13,14,15). The van der Waals surface area contributed by atoms with Crippen molar-refractivity contribution in [1.29, 1.82) is 0 Å². The molecule has 0 amide bonds. The number of benzene rings is 1. The Morgan fingerprint density at radius 2 is 2.33 bits per heavy atom. The molecule has 0 aliphatic heterocycles. The molecule has 0 saturated carbocycles. The molecule has 0 atom stereocenters. The van der Waals surface area contributed by atoms with E-state index in [1.165, 1.54) is 18.2 Å². The predicted octanol–water partition coefficient (Wildman–Crippen LogP) is 2.40. The second-order valence-electron chi connectivity index (χ2n) is 2.64. The van der Waals surface area contributed by atoms with Crippen molar-refractivity contribution in [2.75, 3.05) is 11.9 Å². The fourth-order valence-electron chi connectivity index (χ4n) is 0.880. The Bertz CT molecular complexity index is 414. The highest BCUT2D eigenvalue weighted by Crippen LogP contribution is 2.19. The van der Waals surface area contributed by atoms with Crippen LogP contribution in [0.1, 0.15) is 0 Å². The summed E-state index contributed by atoms with van der Waals surface area (Å²) in [5.74, 6) is 1.91. The summed E-state index contributed by atoms with van der Waals surface area (Å²) >= 11 is 10.5. The van der Waals surface area contributed by atoms with Crippen LogP contribution in [-0.4, -0.2) is 11.7 Å². The Balaban J connectivity index is 2.62. The molecule has 0 heterocycles. The van der Waals surface area contributed by atoms with E-state index in [9.17, 15) is 4.39 Å². The maximum atomic E-state index is 12.8. The van der Waals surface area contributed by atoms with E-state index in [-0.39, 0.29) is 5.02 Å². The Morgan fingerprint density at radius 3 is 2.93 bits per heavy atom. The van der Waals surface area contributed by atoms with Crippen LogP contribution in [0.15, 0.2) is 18.2 Å². The first kappa shape index (κ1) is 11.8. The van der Waals surface area contributed by atoms with Gasteiger partial charge in [-0.1, -0.05) is 17.5 Å². The average molecular weight is 243 g/mol. The van der Waals surface area contributed by atoms with Gasteiger partial charge in [-0.3, -0.25) is 0 Å². The SMILES string of the molecule is C#CCNC(=S)Nc1ccc(F)c(Cl)c1. The monoisotopic (exact) mass is 242 g/mol. The summed E-state index contributed by atoms with van der Waals surface area (Å²) in [6, 6.07) is 4.24. The summed E-state index contributed by atoms with van der Waals surface area (Å²) in [6.07, 6.45) is 5.04. The van der Waals surface area contributed by atoms with Gasteiger partial charge in [0.25, 0.3) is 0 Å². The fourth-order valence-corrected chi connectivity index (χ4v) is 1.25. The number of thiocarbonyl (C=S) groups is 1. The minimum absolute atomic E-state index is 0.0414. The minimum Gasteiger partial charge on any atom is -0.352 e. The zero-order chi connectivity index (χ0) is 11.3. The Morgan fingerprint density at radius 1 is 1.60 bits per heavy atom. The van der Waals surface area contributed by atoms with Crippen LogP contribution in [0.5, 0.6) is 0 Å². The molecule has 2 N–H and O–H groups in total. The third-order valence-corrected chi connectivity index (χ3v) is 2.06. The molecular formula is C10H8ClFN2S. The van der Waals surface area contributed by atoms with E-state index in [2.05, 4.69) is 16.6 Å². The molecule has 1 aromatic rings. The lowest BCUT2D eigenvalue weighted by molar-refractivity contribution is 0.628. The average Bonchev–Trinajstić information content (AvgIpc) is 2.20. The van der Waals surface area contributed by atoms with Crippen molar-refractivity contribution in [2.45, 2.75) is 0 Å². The molecule has 78 valence electrons. The first-order chi connectivity index (χ1) is 7.13. The van der Waals surface area contributed by atoms with Crippen LogP contribution >= 0.6 is 23.8 Å². The van der Waals surface area contributed by atoms with Crippen LogP contribution < -0.4 is 10.6 Å². The van der Waals surface area contributed by atoms with Crippen molar-refractivity contribution in [3.8, 4) is 12.3 Å². The summed E-state index contributed by atoms with van der Waals surface area (Å²) in [5, 5.41) is 5.99. The maximum absolute atomic E-state index is 12.8. The molecule has 0 bridgehead atoms. The van der Waals surface area contributed by atoms with Gasteiger partial charge >= 0.3 is 0 Å². The van der Waals surface area contributed by atoms with Crippen LogP contribution in [0.3, 0.4) is 0 Å². The van der Waals surface area contributed by atoms with E-state index in [1.807, 2.05) is 0 Å². The second kappa shape index (κ2) is 5.54. The molecule has 0 aliphatic carbocycles. The van der Waals surface area contributed by atoms with Crippen molar-refractivity contribution < 1.29 is 4.39 Å². The highest BCUT2D eigenvalue weighted by Gasteiger charge is 2.01. The van der Waals surface area contributed by atoms with E-state index in [1.54, 1.807) is 0 Å². The van der Waals surface area contributed by atoms with Crippen molar-refractivity contribution in [3.05, 3.63) is 29.0 Å². The van der Waals surface area contributed by atoms with Crippen LogP contribution in [0.25, 0.3) is 0 Å². The molecule has 1 rings (SSSR count). The zero-order valence-electron chi connectivity index (χ0n) is 7.68. The summed E-state index contributed by atoms with van der Waals surface area (Å²) in [4.78, 5) is 0. The van der Waals surface area contributed by atoms with E-state index in [0.29, 0.717) is 17.3 Å². The number of hydrogen-bond acceptors (Lipinski definition) is 1. The number of nitrogens with one attached hydrogen (secondary N) is 2. The first-order valence-corrected chi connectivity index (χ1v) is 4.85. The van der Waals surface area contributed by atoms with Gasteiger partial charge in [-0.05, 0) is 30.4 Å². The van der Waals surface area contributed by atoms with Gasteiger partial charge in [0.05, 0.1) is 11.6 Å². The van der Waals surface area contributed by atoms with Gasteiger partial charge in [-0.15, -0.1) is 6.42 Å². The molecule has 0 saturated heterocycles. The third kappa shape index (κ3) is 3.74. The fraction of sp³-hybridized carbons (Fsp3) is 0.100. The Hall–Kier alpha value is -1.31. The van der Waals surface area contributed by atoms with Crippen molar-refractivity contribution in [1.82, 2.24) is 5.32 Å². The summed E-state index contributed by atoms with van der Waals surface area (Å²) in [7, 11) is 0. The van der Waals surface area contributed by atoms with Gasteiger partial charge in [0.2, 0.25) is 0 Å². The second-order valence-corrected chi connectivity index (χ2v) is 3.46. The molecule has 15 heavy (non-hydrogen) atoms. The van der Waals surface area contributed by atoms with Crippen LogP contribution in [0, 0.1) is 18.2 Å². The zero-order valence-corrected chi connectivity index (χ0v) is 9.25. The summed E-state index contributed by atoms with van der Waals surface area (Å²) in [6.45, 7) is 0.334. The molecule has 5 heteroatoms. The third-order valence-electron chi connectivity index (χ3n) is 1.53. The number of rotatable bonds is 2. The lowest BCUT2D eigenvalue weighted by atomic mass is 10.3. The number of anilines is 1. The molecule has 0 unspecified atom stereocenters. The molecule has 2 nitrogen and oxygen atoms in total. The van der Waals surface area contributed by atoms with Gasteiger partial charge in [-0.2, -0.15) is 0 Å². The topological polar surface area (TPSA) is 24.1 Å². The van der Waals surface area contributed by atoms with E-state index in [4.69, 9.17) is 30.2 Å². The van der Waals surface area contributed by atoms with Gasteiger partial charge in [0.15, 0.2) is 5.11 Å². The molecule has 0 radical (unpaired) electrons. The van der Waals surface area contributed by atoms with Gasteiger partial charge in [0.1, 0.15) is 5.82 Å². The molecule has 0 aromatic heterocycles. The molecule has 0 spiro atoms. The van der Waals surface area contributed by atoms with E-state index >= 15 is 0 Å². The predicted molar refractivity (Wildman–Crippen MR) is 64.5 cm³/mol. The van der Waals surface area contributed by atoms with Gasteiger partial charge in [0, 0.05) is 5.69 Å². The van der Waals surface area contributed by atoms with E-state index in [0.717, 1.165) is 0 Å². The van der Waals surface area contributed by atoms with Crippen molar-refractivity contribution in [3.63, 3.8) is 0 Å². The van der Waals surface area contributed by atoms with Crippen LogP contribution in [0.4, 0.5) is 10.1 Å². The lowest BCUT2D eigenvalue weighted by Gasteiger charge is -2.08.